The second-order valence-corrected chi connectivity index (χ2v) is 5.38. The van der Waals surface area contributed by atoms with Crippen molar-refractivity contribution in [1.82, 2.24) is 24.9 Å². The van der Waals surface area contributed by atoms with Gasteiger partial charge >= 0.3 is 0 Å². The summed E-state index contributed by atoms with van der Waals surface area (Å²) in [4.78, 5) is 11.7. The lowest BCUT2D eigenvalue weighted by Gasteiger charge is -2.07. The zero-order chi connectivity index (χ0) is 14.4. The van der Waals surface area contributed by atoms with Crippen LogP contribution in [0.25, 0.3) is 0 Å². The van der Waals surface area contributed by atoms with Crippen LogP contribution in [-0.2, 0) is 17.9 Å². The summed E-state index contributed by atoms with van der Waals surface area (Å²) in [7, 11) is 0. The molecular formula is C13H18BrN5O. The van der Waals surface area contributed by atoms with Crippen molar-refractivity contribution in [2.75, 3.05) is 6.54 Å². The molecule has 0 saturated heterocycles. The summed E-state index contributed by atoms with van der Waals surface area (Å²) in [5, 5.41) is 11.2. The minimum absolute atomic E-state index is 0.0523. The first-order valence-electron chi connectivity index (χ1n) is 6.59. The molecule has 0 fully saturated rings. The number of halogens is 1. The van der Waals surface area contributed by atoms with Crippen molar-refractivity contribution in [3.8, 4) is 0 Å². The fourth-order valence-electron chi connectivity index (χ4n) is 1.85. The normalized spacial score (nSPS) is 10.7. The lowest BCUT2D eigenvalue weighted by atomic mass is 10.3. The van der Waals surface area contributed by atoms with Crippen LogP contribution in [0.1, 0.15) is 18.5 Å². The number of rotatable bonds is 7. The van der Waals surface area contributed by atoms with Crippen LogP contribution in [0.15, 0.2) is 29.1 Å². The highest BCUT2D eigenvalue weighted by molar-refractivity contribution is 9.10. The Morgan fingerprint density at radius 3 is 2.90 bits per heavy atom. The summed E-state index contributed by atoms with van der Waals surface area (Å²) < 4.78 is 4.65. The van der Waals surface area contributed by atoms with Gasteiger partial charge in [-0.15, -0.1) is 0 Å². The van der Waals surface area contributed by atoms with E-state index in [1.165, 1.54) is 0 Å². The van der Waals surface area contributed by atoms with Crippen molar-refractivity contribution in [2.45, 2.75) is 32.9 Å². The van der Waals surface area contributed by atoms with Crippen molar-refractivity contribution in [3.63, 3.8) is 0 Å². The van der Waals surface area contributed by atoms with Crippen LogP contribution in [-0.4, -0.2) is 32.0 Å². The van der Waals surface area contributed by atoms with E-state index in [2.05, 4.69) is 31.4 Å². The van der Waals surface area contributed by atoms with Crippen LogP contribution >= 0.6 is 15.9 Å². The molecule has 7 heteroatoms. The minimum Gasteiger partial charge on any atom is -0.356 e. The molecule has 0 aliphatic heterocycles. The first-order chi connectivity index (χ1) is 9.66. The fourth-order valence-corrected chi connectivity index (χ4v) is 2.14. The zero-order valence-corrected chi connectivity index (χ0v) is 13.0. The smallest absolute Gasteiger partial charge is 0.221 e. The first-order valence-corrected chi connectivity index (χ1v) is 7.38. The molecule has 0 saturated carbocycles. The van der Waals surface area contributed by atoms with Crippen LogP contribution < -0.4 is 5.32 Å². The molecule has 6 nitrogen and oxygen atoms in total. The van der Waals surface area contributed by atoms with E-state index in [9.17, 15) is 4.79 Å². The second kappa shape index (κ2) is 7.23. The van der Waals surface area contributed by atoms with Gasteiger partial charge < -0.3 is 5.32 Å². The lowest BCUT2D eigenvalue weighted by molar-refractivity contribution is -0.121. The lowest BCUT2D eigenvalue weighted by Crippen LogP contribution is -2.26. The van der Waals surface area contributed by atoms with Crippen LogP contribution in [0.4, 0.5) is 0 Å². The largest absolute Gasteiger partial charge is 0.356 e. The third-order valence-corrected chi connectivity index (χ3v) is 3.82. The number of amides is 1. The summed E-state index contributed by atoms with van der Waals surface area (Å²) in [6.45, 7) is 4.06. The van der Waals surface area contributed by atoms with Crippen molar-refractivity contribution in [2.24, 2.45) is 0 Å². The van der Waals surface area contributed by atoms with Gasteiger partial charge in [-0.1, -0.05) is 0 Å². The molecular weight excluding hydrogens is 322 g/mol. The molecule has 1 N–H and O–H groups in total. The highest BCUT2D eigenvalue weighted by Gasteiger charge is 2.06. The maximum atomic E-state index is 11.7. The molecule has 0 atom stereocenters. The Labute approximate surface area is 126 Å². The van der Waals surface area contributed by atoms with Crippen molar-refractivity contribution >= 4 is 21.8 Å². The molecule has 0 radical (unpaired) electrons. The molecule has 0 aromatic carbocycles. The molecule has 20 heavy (non-hydrogen) atoms. The number of hydrogen-bond acceptors (Lipinski definition) is 3. The van der Waals surface area contributed by atoms with Gasteiger partial charge in [0, 0.05) is 44.1 Å². The van der Waals surface area contributed by atoms with Crippen molar-refractivity contribution in [3.05, 3.63) is 34.8 Å². The number of nitrogens with one attached hydrogen (secondary N) is 1. The van der Waals surface area contributed by atoms with Gasteiger partial charge in [0.2, 0.25) is 5.91 Å². The Morgan fingerprint density at radius 1 is 1.40 bits per heavy atom. The summed E-state index contributed by atoms with van der Waals surface area (Å²) in [5.41, 5.74) is 1.04. The van der Waals surface area contributed by atoms with E-state index < -0.39 is 0 Å². The molecule has 0 bridgehead atoms. The molecule has 0 aliphatic carbocycles. The Balaban J connectivity index is 1.62. The number of hydrogen-bond donors (Lipinski definition) is 1. The van der Waals surface area contributed by atoms with Gasteiger partial charge in [0.15, 0.2) is 0 Å². The summed E-state index contributed by atoms with van der Waals surface area (Å²) >= 11 is 3.40. The Morgan fingerprint density at radius 2 is 2.25 bits per heavy atom. The topological polar surface area (TPSA) is 64.7 Å². The van der Waals surface area contributed by atoms with E-state index in [-0.39, 0.29) is 5.91 Å². The van der Waals surface area contributed by atoms with Crippen LogP contribution in [0.3, 0.4) is 0 Å². The van der Waals surface area contributed by atoms with Crippen LogP contribution in [0.2, 0.25) is 0 Å². The third kappa shape index (κ3) is 4.19. The van der Waals surface area contributed by atoms with E-state index in [4.69, 9.17) is 0 Å². The molecule has 2 rings (SSSR count). The average Bonchev–Trinajstić information content (AvgIpc) is 3.05. The highest BCUT2D eigenvalue weighted by atomic mass is 79.9. The van der Waals surface area contributed by atoms with Gasteiger partial charge in [-0.05, 0) is 35.3 Å². The van der Waals surface area contributed by atoms with Gasteiger partial charge in [-0.25, -0.2) is 0 Å². The maximum Gasteiger partial charge on any atom is 0.221 e. The van der Waals surface area contributed by atoms with E-state index >= 15 is 0 Å². The summed E-state index contributed by atoms with van der Waals surface area (Å²) in [6.07, 6.45) is 6.73. The zero-order valence-electron chi connectivity index (χ0n) is 11.4. The molecule has 108 valence electrons. The van der Waals surface area contributed by atoms with E-state index in [0.717, 1.165) is 23.1 Å². The van der Waals surface area contributed by atoms with Crippen LogP contribution in [0, 0.1) is 6.92 Å². The average molecular weight is 340 g/mol. The van der Waals surface area contributed by atoms with Gasteiger partial charge in [-0.2, -0.15) is 10.2 Å². The first kappa shape index (κ1) is 14.8. The summed E-state index contributed by atoms with van der Waals surface area (Å²) in [5.74, 6) is 0.0523. The fraction of sp³-hybridized carbons (Fsp3) is 0.462. The van der Waals surface area contributed by atoms with E-state index in [1.807, 2.05) is 28.6 Å². The minimum atomic E-state index is 0.0523. The van der Waals surface area contributed by atoms with Crippen LogP contribution in [0.5, 0.6) is 0 Å². The van der Waals surface area contributed by atoms with Crippen molar-refractivity contribution in [1.29, 1.82) is 0 Å². The van der Waals surface area contributed by atoms with Gasteiger partial charge in [0.25, 0.3) is 0 Å². The van der Waals surface area contributed by atoms with Gasteiger partial charge in [0.1, 0.15) is 0 Å². The third-order valence-electron chi connectivity index (χ3n) is 3.04. The van der Waals surface area contributed by atoms with E-state index in [1.54, 1.807) is 12.4 Å². The number of carbonyl (C=O) groups is 1. The number of carbonyl (C=O) groups excluding carboxylic acids is 1. The van der Waals surface area contributed by atoms with Gasteiger partial charge in [-0.3, -0.25) is 14.2 Å². The predicted molar refractivity (Wildman–Crippen MR) is 79.1 cm³/mol. The maximum absolute atomic E-state index is 11.7. The molecule has 2 aromatic rings. The molecule has 1 amide bonds. The highest BCUT2D eigenvalue weighted by Crippen LogP contribution is 2.14. The number of aryl methyl sites for hydroxylation is 2. The summed E-state index contributed by atoms with van der Waals surface area (Å²) in [6, 6.07) is 1.89. The SMILES string of the molecule is Cc1c(Br)cnn1CCC(=O)NCCCn1cccn1. The predicted octanol–water partition coefficient (Wildman–Crippen LogP) is 1.75. The molecule has 2 aromatic heterocycles. The Bertz CT molecular complexity index is 549. The Hall–Kier alpha value is -1.63. The number of nitrogens with zero attached hydrogens (tertiary/aromatic N) is 4. The monoisotopic (exact) mass is 339 g/mol. The van der Waals surface area contributed by atoms with Gasteiger partial charge in [0.05, 0.1) is 10.7 Å². The molecule has 2 heterocycles. The standard InChI is InChI=1S/C13H18BrN5O/c1-11-12(14)10-17-19(11)9-4-13(20)15-5-2-7-18-8-3-6-16-18/h3,6,8,10H,2,4-5,7,9H2,1H3,(H,15,20). The molecule has 0 spiro atoms. The molecule has 0 aliphatic rings. The van der Waals surface area contributed by atoms with Crippen molar-refractivity contribution < 1.29 is 4.79 Å². The molecule has 0 unspecified atom stereocenters. The Kier molecular flexibility index (Phi) is 5.34. The van der Waals surface area contributed by atoms with E-state index in [0.29, 0.717) is 19.5 Å². The number of aromatic nitrogens is 4. The quantitative estimate of drug-likeness (QED) is 0.781. The second-order valence-electron chi connectivity index (χ2n) is 4.52.